The lowest BCUT2D eigenvalue weighted by molar-refractivity contribution is 0.223. The first-order valence-electron chi connectivity index (χ1n) is 7.18. The molecule has 102 valence electrons. The maximum atomic E-state index is 4.54. The van der Waals surface area contributed by atoms with E-state index >= 15 is 0 Å². The van der Waals surface area contributed by atoms with Crippen LogP contribution >= 0.6 is 15.9 Å². The average Bonchev–Trinajstić information content (AvgIpc) is 2.76. The molecule has 1 aromatic heterocycles. The maximum absolute atomic E-state index is 4.54. The molecule has 19 heavy (non-hydrogen) atoms. The summed E-state index contributed by atoms with van der Waals surface area (Å²) in [6, 6.07) is 8.34. The lowest BCUT2D eigenvalue weighted by Crippen LogP contribution is -2.31. The Labute approximate surface area is 122 Å². The van der Waals surface area contributed by atoms with Crippen LogP contribution in [0.1, 0.15) is 25.7 Å². The van der Waals surface area contributed by atoms with E-state index in [0.717, 1.165) is 16.8 Å². The molecule has 0 amide bonds. The van der Waals surface area contributed by atoms with Crippen LogP contribution in [0.5, 0.6) is 0 Å². The standard InChI is InChI=1S/C15H20BrN3/c16-15-17-13-7-2-3-8-14(13)19(15)12-6-11-18-9-4-1-5-10-18/h2-3,7-8H,1,4-6,9-12H2. The van der Waals surface area contributed by atoms with Crippen molar-refractivity contribution < 1.29 is 0 Å². The van der Waals surface area contributed by atoms with Gasteiger partial charge in [-0.15, -0.1) is 0 Å². The third-order valence-electron chi connectivity index (χ3n) is 3.91. The zero-order valence-corrected chi connectivity index (χ0v) is 12.8. The van der Waals surface area contributed by atoms with Crippen molar-refractivity contribution in [1.29, 1.82) is 0 Å². The van der Waals surface area contributed by atoms with Crippen LogP contribution in [0.4, 0.5) is 0 Å². The molecule has 2 heterocycles. The van der Waals surface area contributed by atoms with Gasteiger partial charge < -0.3 is 9.47 Å². The van der Waals surface area contributed by atoms with E-state index in [4.69, 9.17) is 0 Å². The van der Waals surface area contributed by atoms with Crippen molar-refractivity contribution in [3.8, 4) is 0 Å². The number of hydrogen-bond donors (Lipinski definition) is 0. The number of imidazole rings is 1. The van der Waals surface area contributed by atoms with Gasteiger partial charge in [0.25, 0.3) is 0 Å². The summed E-state index contributed by atoms with van der Waals surface area (Å²) >= 11 is 3.57. The minimum absolute atomic E-state index is 0.951. The lowest BCUT2D eigenvalue weighted by Gasteiger charge is -2.26. The van der Waals surface area contributed by atoms with Crippen molar-refractivity contribution in [2.75, 3.05) is 19.6 Å². The number of aromatic nitrogens is 2. The Morgan fingerprint density at radius 1 is 1.05 bits per heavy atom. The molecule has 1 aliphatic heterocycles. The molecule has 0 aliphatic carbocycles. The SMILES string of the molecule is Brc1nc2ccccc2n1CCCN1CCCCC1. The van der Waals surface area contributed by atoms with E-state index in [9.17, 15) is 0 Å². The number of para-hydroxylation sites is 2. The van der Waals surface area contributed by atoms with Crippen LogP contribution < -0.4 is 0 Å². The lowest BCUT2D eigenvalue weighted by atomic mass is 10.1. The number of rotatable bonds is 4. The summed E-state index contributed by atoms with van der Waals surface area (Å²) < 4.78 is 3.23. The maximum Gasteiger partial charge on any atom is 0.178 e. The molecule has 0 N–H and O–H groups in total. The average molecular weight is 322 g/mol. The first-order valence-corrected chi connectivity index (χ1v) is 7.97. The number of hydrogen-bond acceptors (Lipinski definition) is 2. The van der Waals surface area contributed by atoms with Crippen molar-refractivity contribution in [1.82, 2.24) is 14.5 Å². The molecule has 0 radical (unpaired) electrons. The highest BCUT2D eigenvalue weighted by atomic mass is 79.9. The molecule has 2 aromatic rings. The van der Waals surface area contributed by atoms with Gasteiger partial charge in [0.1, 0.15) is 0 Å². The predicted molar refractivity (Wildman–Crippen MR) is 82.3 cm³/mol. The van der Waals surface area contributed by atoms with Gasteiger partial charge in [-0.3, -0.25) is 0 Å². The molecule has 4 heteroatoms. The van der Waals surface area contributed by atoms with Gasteiger partial charge in [0, 0.05) is 6.54 Å². The molecule has 1 fully saturated rings. The monoisotopic (exact) mass is 321 g/mol. The molecule has 3 rings (SSSR count). The van der Waals surface area contributed by atoms with Gasteiger partial charge in [-0.05, 0) is 67.0 Å². The van der Waals surface area contributed by atoms with Crippen molar-refractivity contribution >= 4 is 27.0 Å². The van der Waals surface area contributed by atoms with Gasteiger partial charge in [0.2, 0.25) is 0 Å². The fourth-order valence-corrected chi connectivity index (χ4v) is 3.45. The Bertz CT molecular complexity index is 543. The molecule has 1 aliphatic rings. The second kappa shape index (κ2) is 6.06. The molecule has 0 bridgehead atoms. The minimum atomic E-state index is 0.951. The second-order valence-corrected chi connectivity index (χ2v) is 5.99. The van der Waals surface area contributed by atoms with E-state index in [0.29, 0.717) is 0 Å². The van der Waals surface area contributed by atoms with Crippen molar-refractivity contribution in [3.05, 3.63) is 29.0 Å². The summed E-state index contributed by atoms with van der Waals surface area (Å²) in [4.78, 5) is 7.14. The molecule has 1 aromatic carbocycles. The highest BCUT2D eigenvalue weighted by Crippen LogP contribution is 2.20. The van der Waals surface area contributed by atoms with Crippen LogP contribution in [0.2, 0.25) is 0 Å². The van der Waals surface area contributed by atoms with Crippen LogP contribution in [0.15, 0.2) is 29.0 Å². The third kappa shape index (κ3) is 3.00. The van der Waals surface area contributed by atoms with Crippen molar-refractivity contribution in [2.45, 2.75) is 32.2 Å². The molecular formula is C15H20BrN3. The molecule has 3 nitrogen and oxygen atoms in total. The van der Waals surface area contributed by atoms with E-state index in [1.165, 1.54) is 50.8 Å². The molecule has 0 atom stereocenters. The first-order chi connectivity index (χ1) is 9.34. The summed E-state index contributed by atoms with van der Waals surface area (Å²) in [6.07, 6.45) is 5.35. The van der Waals surface area contributed by atoms with Gasteiger partial charge in [-0.2, -0.15) is 0 Å². The molecule has 1 saturated heterocycles. The van der Waals surface area contributed by atoms with Crippen LogP contribution in [0.25, 0.3) is 11.0 Å². The largest absolute Gasteiger partial charge is 0.318 e. The number of benzene rings is 1. The zero-order valence-electron chi connectivity index (χ0n) is 11.2. The molecule has 0 saturated carbocycles. The Morgan fingerprint density at radius 2 is 1.84 bits per heavy atom. The van der Waals surface area contributed by atoms with E-state index in [1.807, 2.05) is 6.07 Å². The van der Waals surface area contributed by atoms with Gasteiger partial charge in [0.15, 0.2) is 4.73 Å². The highest BCUT2D eigenvalue weighted by Gasteiger charge is 2.11. The molecule has 0 unspecified atom stereocenters. The van der Waals surface area contributed by atoms with Crippen molar-refractivity contribution in [3.63, 3.8) is 0 Å². The number of halogens is 1. The smallest absolute Gasteiger partial charge is 0.178 e. The molecular weight excluding hydrogens is 302 g/mol. The Kier molecular flexibility index (Phi) is 4.18. The van der Waals surface area contributed by atoms with Gasteiger partial charge >= 0.3 is 0 Å². The highest BCUT2D eigenvalue weighted by molar-refractivity contribution is 9.10. The summed E-state index contributed by atoms with van der Waals surface area (Å²) in [5.41, 5.74) is 2.31. The van der Waals surface area contributed by atoms with Crippen molar-refractivity contribution in [2.24, 2.45) is 0 Å². The quantitative estimate of drug-likeness (QED) is 0.856. The minimum Gasteiger partial charge on any atom is -0.318 e. The topological polar surface area (TPSA) is 21.1 Å². The van der Waals surface area contributed by atoms with E-state index < -0.39 is 0 Å². The predicted octanol–water partition coefficient (Wildman–Crippen LogP) is 3.67. The first kappa shape index (κ1) is 13.1. The Morgan fingerprint density at radius 3 is 2.68 bits per heavy atom. The van der Waals surface area contributed by atoms with Crippen LogP contribution in [-0.2, 0) is 6.54 Å². The van der Waals surface area contributed by atoms with Crippen LogP contribution in [-0.4, -0.2) is 34.1 Å². The third-order valence-corrected chi connectivity index (χ3v) is 4.52. The summed E-state index contributed by atoms with van der Waals surface area (Å²) in [6.45, 7) is 4.81. The number of piperidine rings is 1. The number of aryl methyl sites for hydroxylation is 1. The number of nitrogens with zero attached hydrogens (tertiary/aromatic N) is 3. The normalized spacial score (nSPS) is 17.1. The van der Waals surface area contributed by atoms with E-state index in [-0.39, 0.29) is 0 Å². The van der Waals surface area contributed by atoms with E-state index in [1.54, 1.807) is 0 Å². The Balaban J connectivity index is 1.63. The van der Waals surface area contributed by atoms with E-state index in [2.05, 4.69) is 48.6 Å². The summed E-state index contributed by atoms with van der Waals surface area (Å²) in [5, 5.41) is 0. The van der Waals surface area contributed by atoms with Gasteiger partial charge in [-0.1, -0.05) is 18.6 Å². The second-order valence-electron chi connectivity index (χ2n) is 5.28. The molecule has 0 spiro atoms. The fourth-order valence-electron chi connectivity index (χ4n) is 2.89. The Hall–Kier alpha value is -0.870. The van der Waals surface area contributed by atoms with Gasteiger partial charge in [-0.25, -0.2) is 4.98 Å². The summed E-state index contributed by atoms with van der Waals surface area (Å²) in [7, 11) is 0. The van der Waals surface area contributed by atoms with Crippen LogP contribution in [0, 0.1) is 0 Å². The zero-order chi connectivity index (χ0) is 13.1. The number of likely N-dealkylation sites (tertiary alicyclic amines) is 1. The fraction of sp³-hybridized carbons (Fsp3) is 0.533. The van der Waals surface area contributed by atoms with Gasteiger partial charge in [0.05, 0.1) is 11.0 Å². The number of fused-ring (bicyclic) bond motifs is 1. The van der Waals surface area contributed by atoms with Crippen LogP contribution in [0.3, 0.4) is 0 Å². The summed E-state index contributed by atoms with van der Waals surface area (Å²) in [5.74, 6) is 0.